The van der Waals surface area contributed by atoms with Gasteiger partial charge in [-0.15, -0.1) is 0 Å². The second-order valence-corrected chi connectivity index (χ2v) is 7.88. The standard InChI is InChI=1S/C23H28O5/c1-14(23(27)28)22(17-3-2-4-17)18-6-5-16(21(26)13-18)9-12-20(25)15-7-10-19(24)11-8-15/h5-8,10-11,13-14,17,20,22,24-26H,2-4,9,12H2,1H3,(H,27,28). The topological polar surface area (TPSA) is 98.0 Å². The summed E-state index contributed by atoms with van der Waals surface area (Å²) >= 11 is 0. The predicted octanol–water partition coefficient (Wildman–Crippen LogP) is 4.37. The highest BCUT2D eigenvalue weighted by molar-refractivity contribution is 5.71. The van der Waals surface area contributed by atoms with Crippen molar-refractivity contribution >= 4 is 5.97 Å². The molecule has 0 radical (unpaired) electrons. The van der Waals surface area contributed by atoms with Gasteiger partial charge in [-0.05, 0) is 72.4 Å². The Labute approximate surface area is 165 Å². The molecule has 2 aromatic rings. The normalized spacial score (nSPS) is 17.5. The number of benzene rings is 2. The lowest BCUT2D eigenvalue weighted by molar-refractivity contribution is -0.142. The van der Waals surface area contributed by atoms with Gasteiger partial charge in [0.05, 0.1) is 12.0 Å². The molecule has 3 unspecified atom stereocenters. The Morgan fingerprint density at radius 1 is 1.07 bits per heavy atom. The quantitative estimate of drug-likeness (QED) is 0.542. The van der Waals surface area contributed by atoms with E-state index in [9.17, 15) is 25.2 Å². The van der Waals surface area contributed by atoms with Gasteiger partial charge in [0.2, 0.25) is 0 Å². The van der Waals surface area contributed by atoms with Gasteiger partial charge in [-0.3, -0.25) is 4.79 Å². The van der Waals surface area contributed by atoms with Crippen molar-refractivity contribution in [1.29, 1.82) is 0 Å². The Hall–Kier alpha value is -2.53. The van der Waals surface area contributed by atoms with Crippen LogP contribution in [0.2, 0.25) is 0 Å². The van der Waals surface area contributed by atoms with Gasteiger partial charge in [-0.25, -0.2) is 0 Å². The zero-order valence-corrected chi connectivity index (χ0v) is 16.1. The van der Waals surface area contributed by atoms with Gasteiger partial charge < -0.3 is 20.4 Å². The minimum atomic E-state index is -0.808. The molecule has 0 bridgehead atoms. The van der Waals surface area contributed by atoms with Crippen molar-refractivity contribution in [2.24, 2.45) is 11.8 Å². The van der Waals surface area contributed by atoms with Crippen LogP contribution >= 0.6 is 0 Å². The third kappa shape index (κ3) is 4.47. The number of hydrogen-bond acceptors (Lipinski definition) is 4. The van der Waals surface area contributed by atoms with E-state index in [2.05, 4.69) is 0 Å². The van der Waals surface area contributed by atoms with Crippen LogP contribution < -0.4 is 0 Å². The summed E-state index contributed by atoms with van der Waals surface area (Å²) in [5.74, 6) is -0.732. The van der Waals surface area contributed by atoms with Gasteiger partial charge in [-0.2, -0.15) is 0 Å². The Morgan fingerprint density at radius 3 is 2.25 bits per heavy atom. The first-order valence-electron chi connectivity index (χ1n) is 9.88. The summed E-state index contributed by atoms with van der Waals surface area (Å²) in [6, 6.07) is 11.9. The van der Waals surface area contributed by atoms with E-state index in [0.717, 1.165) is 30.4 Å². The van der Waals surface area contributed by atoms with Crippen molar-refractivity contribution in [3.63, 3.8) is 0 Å². The van der Waals surface area contributed by atoms with Crippen molar-refractivity contribution in [3.05, 3.63) is 59.2 Å². The number of aliphatic carboxylic acids is 1. The number of phenols is 2. The average molecular weight is 384 g/mol. The molecular formula is C23H28O5. The molecular weight excluding hydrogens is 356 g/mol. The maximum atomic E-state index is 11.5. The van der Waals surface area contributed by atoms with E-state index >= 15 is 0 Å². The Balaban J connectivity index is 1.70. The third-order valence-electron chi connectivity index (χ3n) is 6.05. The number of aliphatic hydroxyl groups excluding tert-OH is 1. The lowest BCUT2D eigenvalue weighted by atomic mass is 9.68. The second kappa shape index (κ2) is 8.65. The molecule has 1 fully saturated rings. The van der Waals surface area contributed by atoms with Crippen LogP contribution in [0.25, 0.3) is 0 Å². The lowest BCUT2D eigenvalue weighted by Crippen LogP contribution is -2.29. The monoisotopic (exact) mass is 384 g/mol. The van der Waals surface area contributed by atoms with E-state index in [1.165, 1.54) is 12.1 Å². The number of aromatic hydroxyl groups is 2. The van der Waals surface area contributed by atoms with Crippen LogP contribution in [-0.4, -0.2) is 26.4 Å². The van der Waals surface area contributed by atoms with Crippen molar-refractivity contribution < 1.29 is 25.2 Å². The molecule has 0 spiro atoms. The van der Waals surface area contributed by atoms with E-state index in [0.29, 0.717) is 24.3 Å². The minimum absolute atomic E-state index is 0.0891. The summed E-state index contributed by atoms with van der Waals surface area (Å²) in [5.41, 5.74) is 2.33. The average Bonchev–Trinajstić information content (AvgIpc) is 2.63. The van der Waals surface area contributed by atoms with Crippen LogP contribution in [0.15, 0.2) is 42.5 Å². The molecule has 4 N–H and O–H groups in total. The predicted molar refractivity (Wildman–Crippen MR) is 106 cm³/mol. The highest BCUT2D eigenvalue weighted by Gasteiger charge is 2.35. The van der Waals surface area contributed by atoms with Crippen LogP contribution in [0, 0.1) is 11.8 Å². The fourth-order valence-corrected chi connectivity index (χ4v) is 4.08. The molecule has 0 heterocycles. The van der Waals surface area contributed by atoms with E-state index < -0.39 is 18.0 Å². The van der Waals surface area contributed by atoms with Gasteiger partial charge in [-0.1, -0.05) is 37.6 Å². The molecule has 0 aliphatic heterocycles. The molecule has 150 valence electrons. The van der Waals surface area contributed by atoms with Crippen LogP contribution in [0.3, 0.4) is 0 Å². The van der Waals surface area contributed by atoms with E-state index in [1.54, 1.807) is 25.1 Å². The molecule has 0 saturated heterocycles. The molecule has 5 nitrogen and oxygen atoms in total. The molecule has 2 aromatic carbocycles. The smallest absolute Gasteiger partial charge is 0.306 e. The largest absolute Gasteiger partial charge is 0.508 e. The van der Waals surface area contributed by atoms with Gasteiger partial charge in [0.1, 0.15) is 11.5 Å². The molecule has 1 saturated carbocycles. The fraction of sp³-hybridized carbons (Fsp3) is 0.435. The number of carboxylic acids is 1. The number of carboxylic acid groups (broad SMARTS) is 1. The summed E-state index contributed by atoms with van der Waals surface area (Å²) in [6.45, 7) is 1.74. The molecule has 1 aliphatic carbocycles. The number of aliphatic hydroxyl groups is 1. The number of rotatable bonds is 8. The molecule has 3 atom stereocenters. The van der Waals surface area contributed by atoms with E-state index in [1.807, 2.05) is 12.1 Å². The first kappa shape index (κ1) is 20.2. The summed E-state index contributed by atoms with van der Waals surface area (Å²) in [7, 11) is 0. The molecule has 5 heteroatoms. The van der Waals surface area contributed by atoms with E-state index in [-0.39, 0.29) is 17.4 Å². The first-order chi connectivity index (χ1) is 13.4. The van der Waals surface area contributed by atoms with Gasteiger partial charge in [0, 0.05) is 0 Å². The van der Waals surface area contributed by atoms with Crippen molar-refractivity contribution in [2.75, 3.05) is 0 Å². The fourth-order valence-electron chi connectivity index (χ4n) is 4.08. The maximum Gasteiger partial charge on any atom is 0.306 e. The summed E-state index contributed by atoms with van der Waals surface area (Å²) < 4.78 is 0. The van der Waals surface area contributed by atoms with E-state index in [4.69, 9.17) is 0 Å². The zero-order valence-electron chi connectivity index (χ0n) is 16.1. The van der Waals surface area contributed by atoms with Gasteiger partial charge >= 0.3 is 5.97 Å². The molecule has 3 rings (SSSR count). The van der Waals surface area contributed by atoms with Crippen LogP contribution in [0.4, 0.5) is 0 Å². The molecule has 28 heavy (non-hydrogen) atoms. The number of aryl methyl sites for hydroxylation is 1. The molecule has 1 aliphatic rings. The van der Waals surface area contributed by atoms with Crippen molar-refractivity contribution in [1.82, 2.24) is 0 Å². The first-order valence-corrected chi connectivity index (χ1v) is 9.88. The Bertz CT molecular complexity index is 810. The second-order valence-electron chi connectivity index (χ2n) is 7.88. The Morgan fingerprint density at radius 2 is 1.71 bits per heavy atom. The summed E-state index contributed by atoms with van der Waals surface area (Å²) in [4.78, 5) is 11.5. The molecule has 0 aromatic heterocycles. The molecule has 0 amide bonds. The number of hydrogen-bond donors (Lipinski definition) is 4. The summed E-state index contributed by atoms with van der Waals surface area (Å²) in [6.07, 6.45) is 3.45. The zero-order chi connectivity index (χ0) is 20.3. The minimum Gasteiger partial charge on any atom is -0.508 e. The SMILES string of the molecule is CC(C(=O)O)C(c1ccc(CCC(O)c2ccc(O)cc2)c(O)c1)C1CCC1. The lowest BCUT2D eigenvalue weighted by Gasteiger charge is -2.36. The van der Waals surface area contributed by atoms with Crippen LogP contribution in [0.5, 0.6) is 11.5 Å². The van der Waals surface area contributed by atoms with Crippen molar-refractivity contribution in [3.8, 4) is 11.5 Å². The summed E-state index contributed by atoms with van der Waals surface area (Å²) in [5, 5.41) is 39.6. The number of phenolic OH excluding ortho intramolecular Hbond substituents is 2. The van der Waals surface area contributed by atoms with Crippen LogP contribution in [0.1, 0.15) is 61.3 Å². The van der Waals surface area contributed by atoms with Crippen molar-refractivity contribution in [2.45, 2.75) is 51.0 Å². The highest BCUT2D eigenvalue weighted by Crippen LogP contribution is 2.44. The van der Waals surface area contributed by atoms with Gasteiger partial charge in [0.25, 0.3) is 0 Å². The number of carbonyl (C=O) groups is 1. The maximum absolute atomic E-state index is 11.5. The third-order valence-corrected chi connectivity index (χ3v) is 6.05. The Kier molecular flexibility index (Phi) is 6.25. The van der Waals surface area contributed by atoms with Gasteiger partial charge in [0.15, 0.2) is 0 Å². The van der Waals surface area contributed by atoms with Crippen LogP contribution in [-0.2, 0) is 11.2 Å². The highest BCUT2D eigenvalue weighted by atomic mass is 16.4.